The largest absolute Gasteiger partial charge is 3.00 e. The van der Waals surface area contributed by atoms with Crippen molar-refractivity contribution < 1.29 is 84.0 Å². The second kappa shape index (κ2) is 44.3. The third-order valence-electron chi connectivity index (χ3n) is 0. The van der Waals surface area contributed by atoms with E-state index >= 15 is 0 Å². The maximum atomic E-state index is 0. The van der Waals surface area contributed by atoms with Gasteiger partial charge in [0.15, 0.2) is 0 Å². The Balaban J connectivity index is 0. The Kier molecular flexibility index (Phi) is 482. The van der Waals surface area contributed by atoms with Crippen LogP contribution < -0.4 is 58.2 Å². The number of hydrogen-bond acceptors (Lipinski definition) is 0. The Bertz CT molecular complexity index is 7.51. The fraction of sp³-hybridized carbons (Fsp3) is 0. The molecule has 0 aromatic rings. The monoisotopic (exact) mass is 190 g/mol. The van der Waals surface area contributed by atoms with Crippen LogP contribution in [0.3, 0.4) is 0 Å². The molecule has 32 valence electrons. The second-order valence-electron chi connectivity index (χ2n) is 0. The molecule has 0 atom stereocenters. The van der Waals surface area contributed by atoms with Gasteiger partial charge in [0.05, 0.1) is 0 Å². The van der Waals surface area contributed by atoms with Gasteiger partial charge in [0.1, 0.15) is 0 Å². The van der Waals surface area contributed by atoms with Crippen molar-refractivity contribution in [1.82, 2.24) is 0 Å². The van der Waals surface area contributed by atoms with Crippen LogP contribution in [0.25, 0.3) is 0 Å². The molecule has 0 bridgehead atoms. The van der Waals surface area contributed by atoms with Crippen molar-refractivity contribution in [3.8, 4) is 0 Å². The molecule has 0 aliphatic carbocycles. The van der Waals surface area contributed by atoms with E-state index in [1.54, 1.807) is 0 Å². The molecule has 0 heterocycles. The Morgan fingerprint density at radius 3 is 0.500 bits per heavy atom. The molecule has 0 saturated carbocycles. The predicted molar refractivity (Wildman–Crippen MR) is 45.3 cm³/mol. The van der Waals surface area contributed by atoms with Crippen LogP contribution in [0.1, 0.15) is 0 Å². The third kappa shape index (κ3) is 28.4. The Morgan fingerprint density at radius 1 is 0.500 bits per heavy atom. The van der Waals surface area contributed by atoms with Crippen molar-refractivity contribution in [1.29, 1.82) is 0 Å². The van der Waals surface area contributed by atoms with Gasteiger partial charge in [-0.1, -0.05) is 33.7 Å². The SMILES string of the molecule is [BH4-].[BH4-].[BH4-].[BH4-].[Rb+].[Sc+3]. The van der Waals surface area contributed by atoms with E-state index < -0.39 is 0 Å². The molecule has 0 nitrogen and oxygen atoms in total. The summed E-state index contributed by atoms with van der Waals surface area (Å²) in [6, 6.07) is 0. The van der Waals surface area contributed by atoms with Crippen LogP contribution in [-0.2, 0) is 25.8 Å². The predicted octanol–water partition coefficient (Wildman–Crippen LogP) is -8.80. The van der Waals surface area contributed by atoms with E-state index in [4.69, 9.17) is 0 Å². The van der Waals surface area contributed by atoms with Gasteiger partial charge < -0.3 is 0 Å². The van der Waals surface area contributed by atoms with Gasteiger partial charge in [0, 0.05) is 0 Å². The van der Waals surface area contributed by atoms with Crippen LogP contribution in [0.2, 0.25) is 0 Å². The molecule has 0 radical (unpaired) electrons. The van der Waals surface area contributed by atoms with Crippen molar-refractivity contribution in [2.24, 2.45) is 0 Å². The second-order valence-corrected chi connectivity index (χ2v) is 0. The van der Waals surface area contributed by atoms with Crippen LogP contribution in [-0.4, -0.2) is 33.7 Å². The van der Waals surface area contributed by atoms with Crippen LogP contribution in [0.4, 0.5) is 0 Å². The molecule has 0 spiro atoms. The van der Waals surface area contributed by atoms with Gasteiger partial charge in [-0.2, -0.15) is 0 Å². The average Bonchev–Trinajstić information content (AvgIpc) is 0. The van der Waals surface area contributed by atoms with E-state index in [0.29, 0.717) is 0 Å². The van der Waals surface area contributed by atoms with E-state index in [0.717, 1.165) is 0 Å². The zero-order chi connectivity index (χ0) is 0. The summed E-state index contributed by atoms with van der Waals surface area (Å²) in [6.07, 6.45) is 0. The zero-order valence-corrected chi connectivity index (χ0v) is 8.30. The minimum atomic E-state index is 0. The summed E-state index contributed by atoms with van der Waals surface area (Å²) in [4.78, 5) is 0. The van der Waals surface area contributed by atoms with Crippen LogP contribution in [0.15, 0.2) is 0 Å². The summed E-state index contributed by atoms with van der Waals surface area (Å²) in [7, 11) is 0. The van der Waals surface area contributed by atoms with E-state index in [-0.39, 0.29) is 118 Å². The third-order valence-corrected chi connectivity index (χ3v) is 0. The molecule has 0 N–H and O–H groups in total. The van der Waals surface area contributed by atoms with E-state index in [2.05, 4.69) is 0 Å². The first-order valence-electron chi connectivity index (χ1n) is 0. The molecule has 6 heavy (non-hydrogen) atoms. The first-order valence-corrected chi connectivity index (χ1v) is 0. The maximum absolute atomic E-state index is 0. The molecule has 0 aliphatic rings. The van der Waals surface area contributed by atoms with Crippen LogP contribution in [0, 0.1) is 0 Å². The molecule has 0 fully saturated rings. The molecular formula is H16B4RbSc. The van der Waals surface area contributed by atoms with Gasteiger partial charge >= 0.3 is 84.0 Å². The minimum absolute atomic E-state index is 0. The van der Waals surface area contributed by atoms with Gasteiger partial charge in [0.2, 0.25) is 0 Å². The van der Waals surface area contributed by atoms with Gasteiger partial charge in [-0.15, -0.1) is 0 Å². The summed E-state index contributed by atoms with van der Waals surface area (Å²) in [5.41, 5.74) is 0. The molecule has 0 saturated heterocycles. The molecule has 0 amide bonds. The van der Waals surface area contributed by atoms with E-state index in [1.807, 2.05) is 0 Å². The fourth-order valence-corrected chi connectivity index (χ4v) is 0. The van der Waals surface area contributed by atoms with Crippen molar-refractivity contribution in [2.45, 2.75) is 0 Å². The zero-order valence-electron chi connectivity index (χ0n) is 1.58. The van der Waals surface area contributed by atoms with Crippen molar-refractivity contribution >= 4 is 33.7 Å². The molecule has 0 unspecified atom stereocenters. The van der Waals surface area contributed by atoms with E-state index in [1.165, 1.54) is 0 Å². The Hall–Kier alpha value is 2.94. The number of rotatable bonds is 0. The number of hydrogen-bond donors (Lipinski definition) is 0. The summed E-state index contributed by atoms with van der Waals surface area (Å²) in [6.45, 7) is 0. The molecule has 0 aromatic heterocycles. The first-order chi connectivity index (χ1) is 0. The summed E-state index contributed by atoms with van der Waals surface area (Å²) < 4.78 is 0. The fourth-order valence-electron chi connectivity index (χ4n) is 0. The minimum Gasteiger partial charge on any atom is -0.0626 e. The van der Waals surface area contributed by atoms with Crippen molar-refractivity contribution in [2.75, 3.05) is 0 Å². The topological polar surface area (TPSA) is 0 Å². The Morgan fingerprint density at radius 2 is 0.500 bits per heavy atom. The standard InChI is InChI=1S/4BH4.Rb.Sc/h4*1H4;;/q4*-1;+1;+3. The van der Waals surface area contributed by atoms with Gasteiger partial charge in [-0.25, -0.2) is 0 Å². The van der Waals surface area contributed by atoms with Gasteiger partial charge in [0.25, 0.3) is 0 Å². The first kappa shape index (κ1) is 65.3. The molecule has 0 rings (SSSR count). The summed E-state index contributed by atoms with van der Waals surface area (Å²) in [5.74, 6) is 0. The van der Waals surface area contributed by atoms with Crippen molar-refractivity contribution in [3.05, 3.63) is 0 Å². The quantitative estimate of drug-likeness (QED) is 0.332. The van der Waals surface area contributed by atoms with Crippen molar-refractivity contribution in [3.63, 3.8) is 0 Å². The van der Waals surface area contributed by atoms with Crippen LogP contribution in [0.5, 0.6) is 0 Å². The van der Waals surface area contributed by atoms with Gasteiger partial charge in [-0.3, -0.25) is 0 Å². The van der Waals surface area contributed by atoms with E-state index in [9.17, 15) is 0 Å². The average molecular weight is 190 g/mol. The van der Waals surface area contributed by atoms with Crippen LogP contribution >= 0.6 is 0 Å². The molecule has 6 heteroatoms. The maximum Gasteiger partial charge on any atom is 3.00 e. The molecule has 0 aliphatic heterocycles. The molecule has 0 aromatic carbocycles. The van der Waals surface area contributed by atoms with Gasteiger partial charge in [-0.05, 0) is 0 Å². The Labute approximate surface area is 115 Å². The normalized spacial score (nSPS) is 0. The summed E-state index contributed by atoms with van der Waals surface area (Å²) >= 11 is 0. The molecular weight excluding hydrogens is 174 g/mol. The smallest absolute Gasteiger partial charge is 0.0626 e. The summed E-state index contributed by atoms with van der Waals surface area (Å²) in [5, 5.41) is 0.